The van der Waals surface area contributed by atoms with E-state index in [1.54, 1.807) is 30.3 Å². The number of hydrogen-bond acceptors (Lipinski definition) is 3. The van der Waals surface area contributed by atoms with Crippen molar-refractivity contribution in [1.82, 2.24) is 10.3 Å². The van der Waals surface area contributed by atoms with Gasteiger partial charge >= 0.3 is 0 Å². The van der Waals surface area contributed by atoms with Crippen molar-refractivity contribution in [3.63, 3.8) is 0 Å². The van der Waals surface area contributed by atoms with Crippen LogP contribution in [-0.4, -0.2) is 10.9 Å². The van der Waals surface area contributed by atoms with Crippen LogP contribution in [0.1, 0.15) is 29.0 Å². The molecule has 1 aromatic heterocycles. The van der Waals surface area contributed by atoms with Crippen molar-refractivity contribution in [3.05, 3.63) is 59.5 Å². The molecule has 0 radical (unpaired) electrons. The molecule has 0 spiro atoms. The molecule has 98 valence electrons. The van der Waals surface area contributed by atoms with E-state index in [-0.39, 0.29) is 23.5 Å². The van der Waals surface area contributed by atoms with E-state index in [0.717, 1.165) is 5.56 Å². The number of nitrogens with one attached hydrogen (secondary N) is 1. The Morgan fingerprint density at radius 2 is 1.95 bits per heavy atom. The van der Waals surface area contributed by atoms with E-state index in [2.05, 4.69) is 10.3 Å². The van der Waals surface area contributed by atoms with Gasteiger partial charge in [0.1, 0.15) is 17.3 Å². The van der Waals surface area contributed by atoms with Gasteiger partial charge in [-0.1, -0.05) is 18.2 Å². The number of nitrogens with two attached hydrogens (primary N) is 1. The lowest BCUT2D eigenvalue weighted by Crippen LogP contribution is -2.27. The molecule has 1 heterocycles. The maximum absolute atomic E-state index is 12.8. The number of benzene rings is 1. The highest BCUT2D eigenvalue weighted by atomic mass is 19.1. The zero-order chi connectivity index (χ0) is 13.8. The van der Waals surface area contributed by atoms with Crippen LogP contribution >= 0.6 is 0 Å². The van der Waals surface area contributed by atoms with Gasteiger partial charge in [-0.25, -0.2) is 9.37 Å². The summed E-state index contributed by atoms with van der Waals surface area (Å²) in [5, 5.41) is 2.78. The Kier molecular flexibility index (Phi) is 3.75. The van der Waals surface area contributed by atoms with Gasteiger partial charge in [0.25, 0.3) is 5.91 Å². The highest BCUT2D eigenvalue weighted by Crippen LogP contribution is 2.13. The van der Waals surface area contributed by atoms with Crippen LogP contribution in [0.25, 0.3) is 0 Å². The highest BCUT2D eigenvalue weighted by Gasteiger charge is 2.12. The summed E-state index contributed by atoms with van der Waals surface area (Å²) in [7, 11) is 0. The van der Waals surface area contributed by atoms with Crippen LogP contribution in [0.2, 0.25) is 0 Å². The number of halogens is 1. The molecular formula is C14H14FN3O. The van der Waals surface area contributed by atoms with Crippen molar-refractivity contribution in [2.24, 2.45) is 0 Å². The standard InChI is InChI=1S/C14H14FN3O/c1-9(10-5-7-11(15)8-6-10)17-14(19)12-3-2-4-13(16)18-12/h2-9H,1H3,(H2,16,18)(H,17,19). The number of carbonyl (C=O) groups excluding carboxylic acids is 1. The Hall–Kier alpha value is -2.43. The summed E-state index contributed by atoms with van der Waals surface area (Å²) in [5.74, 6) is -0.328. The Bertz CT molecular complexity index is 583. The van der Waals surface area contributed by atoms with Gasteiger partial charge in [-0.3, -0.25) is 4.79 Å². The number of nitrogens with zero attached hydrogens (tertiary/aromatic N) is 1. The normalized spacial score (nSPS) is 11.9. The molecule has 0 aliphatic carbocycles. The van der Waals surface area contributed by atoms with Crippen LogP contribution in [-0.2, 0) is 0 Å². The maximum Gasteiger partial charge on any atom is 0.270 e. The van der Waals surface area contributed by atoms with E-state index in [1.165, 1.54) is 12.1 Å². The Morgan fingerprint density at radius 3 is 2.58 bits per heavy atom. The Morgan fingerprint density at radius 1 is 1.26 bits per heavy atom. The van der Waals surface area contributed by atoms with Crippen LogP contribution in [0.5, 0.6) is 0 Å². The van der Waals surface area contributed by atoms with Crippen LogP contribution in [0, 0.1) is 5.82 Å². The summed E-state index contributed by atoms with van der Waals surface area (Å²) in [6.07, 6.45) is 0. The smallest absolute Gasteiger partial charge is 0.270 e. The van der Waals surface area contributed by atoms with Crippen LogP contribution < -0.4 is 11.1 Å². The van der Waals surface area contributed by atoms with Gasteiger partial charge in [0, 0.05) is 0 Å². The molecule has 4 nitrogen and oxygen atoms in total. The van der Waals surface area contributed by atoms with Gasteiger partial charge in [-0.05, 0) is 36.8 Å². The molecule has 1 aromatic carbocycles. The maximum atomic E-state index is 12.8. The third-order valence-corrected chi connectivity index (χ3v) is 2.72. The fourth-order valence-electron chi connectivity index (χ4n) is 1.68. The summed E-state index contributed by atoms with van der Waals surface area (Å²) in [6, 6.07) is 10.6. The number of anilines is 1. The third kappa shape index (κ3) is 3.28. The van der Waals surface area contributed by atoms with Crippen LogP contribution in [0.4, 0.5) is 10.2 Å². The van der Waals surface area contributed by atoms with Crippen molar-refractivity contribution in [3.8, 4) is 0 Å². The van der Waals surface area contributed by atoms with E-state index >= 15 is 0 Å². The molecule has 1 unspecified atom stereocenters. The molecule has 0 saturated heterocycles. The van der Waals surface area contributed by atoms with E-state index in [4.69, 9.17) is 5.73 Å². The zero-order valence-electron chi connectivity index (χ0n) is 10.4. The van der Waals surface area contributed by atoms with Gasteiger partial charge in [-0.15, -0.1) is 0 Å². The molecule has 0 aliphatic heterocycles. The first kappa shape index (κ1) is 13.0. The first-order chi connectivity index (χ1) is 9.06. The Balaban J connectivity index is 2.08. The number of pyridine rings is 1. The van der Waals surface area contributed by atoms with Gasteiger partial charge in [0.2, 0.25) is 0 Å². The van der Waals surface area contributed by atoms with Crippen molar-refractivity contribution in [2.75, 3.05) is 5.73 Å². The molecule has 2 aromatic rings. The monoisotopic (exact) mass is 259 g/mol. The molecule has 0 aliphatic rings. The van der Waals surface area contributed by atoms with Gasteiger partial charge in [-0.2, -0.15) is 0 Å². The second-order valence-electron chi connectivity index (χ2n) is 4.19. The SMILES string of the molecule is CC(NC(=O)c1cccc(N)n1)c1ccc(F)cc1. The molecule has 19 heavy (non-hydrogen) atoms. The van der Waals surface area contributed by atoms with E-state index in [9.17, 15) is 9.18 Å². The van der Waals surface area contributed by atoms with E-state index < -0.39 is 0 Å². The fraction of sp³-hybridized carbons (Fsp3) is 0.143. The number of aromatic nitrogens is 1. The van der Waals surface area contributed by atoms with Crippen molar-refractivity contribution in [2.45, 2.75) is 13.0 Å². The quantitative estimate of drug-likeness (QED) is 0.888. The van der Waals surface area contributed by atoms with Crippen molar-refractivity contribution < 1.29 is 9.18 Å². The lowest BCUT2D eigenvalue weighted by atomic mass is 10.1. The molecule has 1 amide bonds. The number of carbonyl (C=O) groups is 1. The van der Waals surface area contributed by atoms with E-state index in [0.29, 0.717) is 5.82 Å². The molecule has 2 rings (SSSR count). The van der Waals surface area contributed by atoms with Crippen molar-refractivity contribution >= 4 is 11.7 Å². The molecule has 5 heteroatoms. The largest absolute Gasteiger partial charge is 0.384 e. The molecular weight excluding hydrogens is 245 g/mol. The summed E-state index contributed by atoms with van der Waals surface area (Å²) >= 11 is 0. The predicted molar refractivity (Wildman–Crippen MR) is 70.9 cm³/mol. The number of amides is 1. The fourth-order valence-corrected chi connectivity index (χ4v) is 1.68. The third-order valence-electron chi connectivity index (χ3n) is 2.72. The Labute approximate surface area is 110 Å². The molecule has 1 atom stereocenters. The average molecular weight is 259 g/mol. The zero-order valence-corrected chi connectivity index (χ0v) is 10.4. The number of nitrogen functional groups attached to an aromatic ring is 1. The summed E-state index contributed by atoms with van der Waals surface area (Å²) in [4.78, 5) is 15.9. The van der Waals surface area contributed by atoms with Gasteiger partial charge in [0.15, 0.2) is 0 Å². The van der Waals surface area contributed by atoms with E-state index in [1.807, 2.05) is 6.92 Å². The number of rotatable bonds is 3. The lowest BCUT2D eigenvalue weighted by molar-refractivity contribution is 0.0935. The number of hydrogen-bond donors (Lipinski definition) is 2. The van der Waals surface area contributed by atoms with Gasteiger partial charge < -0.3 is 11.1 Å². The minimum absolute atomic E-state index is 0.240. The molecule has 0 saturated carbocycles. The van der Waals surface area contributed by atoms with Crippen LogP contribution in [0.15, 0.2) is 42.5 Å². The minimum atomic E-state index is -0.316. The second-order valence-corrected chi connectivity index (χ2v) is 4.19. The molecule has 3 N–H and O–H groups in total. The first-order valence-corrected chi connectivity index (χ1v) is 5.85. The average Bonchev–Trinajstić information content (AvgIpc) is 2.39. The minimum Gasteiger partial charge on any atom is -0.384 e. The van der Waals surface area contributed by atoms with Crippen LogP contribution in [0.3, 0.4) is 0 Å². The van der Waals surface area contributed by atoms with Gasteiger partial charge in [0.05, 0.1) is 6.04 Å². The summed E-state index contributed by atoms with van der Waals surface area (Å²) in [6.45, 7) is 1.82. The lowest BCUT2D eigenvalue weighted by Gasteiger charge is -2.14. The molecule has 0 fully saturated rings. The topological polar surface area (TPSA) is 68.0 Å². The first-order valence-electron chi connectivity index (χ1n) is 5.85. The predicted octanol–water partition coefficient (Wildman–Crippen LogP) is 2.29. The second kappa shape index (κ2) is 5.48. The summed E-state index contributed by atoms with van der Waals surface area (Å²) in [5.41, 5.74) is 6.60. The summed E-state index contributed by atoms with van der Waals surface area (Å²) < 4.78 is 12.8. The highest BCUT2D eigenvalue weighted by molar-refractivity contribution is 5.92. The molecule has 0 bridgehead atoms. The van der Waals surface area contributed by atoms with Crippen molar-refractivity contribution in [1.29, 1.82) is 0 Å².